The summed E-state index contributed by atoms with van der Waals surface area (Å²) in [7, 11) is 0. The van der Waals surface area contributed by atoms with Crippen molar-refractivity contribution in [3.05, 3.63) is 65.4 Å². The van der Waals surface area contributed by atoms with Gasteiger partial charge in [0.2, 0.25) is 17.6 Å². The lowest BCUT2D eigenvalue weighted by molar-refractivity contribution is -0.117. The van der Waals surface area contributed by atoms with Crippen molar-refractivity contribution in [3.8, 4) is 10.7 Å². The smallest absolute Gasteiger partial charge is 0.256 e. The van der Waals surface area contributed by atoms with Crippen molar-refractivity contribution in [1.29, 1.82) is 0 Å². The van der Waals surface area contributed by atoms with Crippen LogP contribution in [0, 0.1) is 5.92 Å². The number of fused-ring (bicyclic) bond motifs is 1. The van der Waals surface area contributed by atoms with Crippen LogP contribution in [0.4, 0.5) is 5.69 Å². The molecule has 0 atom stereocenters. The van der Waals surface area contributed by atoms with Crippen LogP contribution in [0.1, 0.15) is 29.1 Å². The summed E-state index contributed by atoms with van der Waals surface area (Å²) in [6, 6.07) is 15.7. The number of rotatable bonds is 6. The quantitative estimate of drug-likeness (QED) is 0.437. The molecule has 178 valence electrons. The predicted octanol–water partition coefficient (Wildman–Crippen LogP) is 4.26. The lowest BCUT2D eigenvalue weighted by Crippen LogP contribution is -2.48. The molecule has 6 rings (SSSR count). The van der Waals surface area contributed by atoms with Crippen molar-refractivity contribution in [2.75, 3.05) is 31.5 Å². The van der Waals surface area contributed by atoms with E-state index in [0.717, 1.165) is 28.5 Å². The van der Waals surface area contributed by atoms with Gasteiger partial charge in [0, 0.05) is 32.1 Å². The Morgan fingerprint density at radius 2 is 1.80 bits per heavy atom. The summed E-state index contributed by atoms with van der Waals surface area (Å²) in [5.74, 6) is 1.20. The van der Waals surface area contributed by atoms with Crippen LogP contribution >= 0.6 is 11.3 Å². The minimum absolute atomic E-state index is 0.000579. The second kappa shape index (κ2) is 9.24. The lowest BCUT2D eigenvalue weighted by Gasteiger charge is -2.34. The molecule has 0 unspecified atom stereocenters. The Morgan fingerprint density at radius 3 is 2.51 bits per heavy atom. The summed E-state index contributed by atoms with van der Waals surface area (Å²) >= 11 is 1.58. The van der Waals surface area contributed by atoms with Gasteiger partial charge in [-0.15, -0.1) is 11.3 Å². The van der Waals surface area contributed by atoms with E-state index in [0.29, 0.717) is 55.7 Å². The van der Waals surface area contributed by atoms with Gasteiger partial charge in [-0.3, -0.25) is 14.5 Å². The minimum Gasteiger partial charge on any atom is -0.338 e. The number of benzene rings is 2. The van der Waals surface area contributed by atoms with E-state index in [1.165, 1.54) is 0 Å². The van der Waals surface area contributed by atoms with Gasteiger partial charge in [-0.25, -0.2) is 0 Å². The van der Waals surface area contributed by atoms with Crippen LogP contribution in [0.25, 0.3) is 21.5 Å². The van der Waals surface area contributed by atoms with Crippen molar-refractivity contribution >= 4 is 39.6 Å². The highest BCUT2D eigenvalue weighted by molar-refractivity contribution is 7.13. The van der Waals surface area contributed by atoms with Gasteiger partial charge in [-0.05, 0) is 47.2 Å². The number of carbonyl (C=O) groups excluding carboxylic acids is 2. The maximum Gasteiger partial charge on any atom is 0.256 e. The molecule has 2 aromatic carbocycles. The number of piperazine rings is 1. The third-order valence-corrected chi connectivity index (χ3v) is 7.42. The average Bonchev–Trinajstić information content (AvgIpc) is 3.39. The fourth-order valence-electron chi connectivity index (χ4n) is 4.40. The summed E-state index contributed by atoms with van der Waals surface area (Å²) in [4.78, 5) is 35.6. The van der Waals surface area contributed by atoms with Crippen LogP contribution < -0.4 is 5.32 Å². The largest absolute Gasteiger partial charge is 0.338 e. The molecule has 8 nitrogen and oxygen atoms in total. The SMILES string of the molecule is O=C(Nc1cc2ccccc2cc1C(=O)N1CCN(Cc2nc(-c3cccs3)no2)CC1)C1CC1. The Morgan fingerprint density at radius 1 is 1.03 bits per heavy atom. The molecular formula is C26H25N5O3S. The number of nitrogens with zero attached hydrogens (tertiary/aromatic N) is 4. The number of hydrogen-bond acceptors (Lipinski definition) is 7. The van der Waals surface area contributed by atoms with E-state index in [9.17, 15) is 9.59 Å². The zero-order valence-corrected chi connectivity index (χ0v) is 20.0. The molecule has 9 heteroatoms. The molecule has 1 saturated heterocycles. The van der Waals surface area contributed by atoms with E-state index in [1.807, 2.05) is 58.8 Å². The monoisotopic (exact) mass is 487 g/mol. The number of nitrogens with one attached hydrogen (secondary N) is 1. The van der Waals surface area contributed by atoms with Gasteiger partial charge in [0.15, 0.2) is 0 Å². The maximum atomic E-state index is 13.5. The third-order valence-electron chi connectivity index (χ3n) is 6.55. The molecule has 1 saturated carbocycles. The van der Waals surface area contributed by atoms with Crippen molar-refractivity contribution in [2.24, 2.45) is 5.92 Å². The Balaban J connectivity index is 1.14. The van der Waals surface area contributed by atoms with E-state index in [2.05, 4.69) is 20.4 Å². The summed E-state index contributed by atoms with van der Waals surface area (Å²) < 4.78 is 5.44. The number of amides is 2. The Kier molecular flexibility index (Phi) is 5.79. The van der Waals surface area contributed by atoms with Crippen molar-refractivity contribution in [3.63, 3.8) is 0 Å². The fourth-order valence-corrected chi connectivity index (χ4v) is 5.05. The van der Waals surface area contributed by atoms with Crippen LogP contribution in [0.15, 0.2) is 58.4 Å². The van der Waals surface area contributed by atoms with Crippen LogP contribution in [-0.2, 0) is 11.3 Å². The molecule has 4 aromatic rings. The van der Waals surface area contributed by atoms with Crippen LogP contribution in [0.5, 0.6) is 0 Å². The van der Waals surface area contributed by atoms with Gasteiger partial charge in [0.1, 0.15) is 0 Å². The first-order chi connectivity index (χ1) is 17.1. The first kappa shape index (κ1) is 21.9. The molecule has 1 aliphatic heterocycles. The molecule has 3 heterocycles. The normalized spacial score (nSPS) is 16.5. The lowest BCUT2D eigenvalue weighted by atomic mass is 10.0. The maximum absolute atomic E-state index is 13.5. The Bertz CT molecular complexity index is 1370. The second-order valence-electron chi connectivity index (χ2n) is 9.07. The molecular weight excluding hydrogens is 462 g/mol. The summed E-state index contributed by atoms with van der Waals surface area (Å²) in [6.45, 7) is 3.15. The Labute approximate surface area is 206 Å². The molecule has 0 spiro atoms. The fraction of sp³-hybridized carbons (Fsp3) is 0.308. The van der Waals surface area contributed by atoms with Crippen LogP contribution in [0.3, 0.4) is 0 Å². The molecule has 2 aromatic heterocycles. The number of hydrogen-bond donors (Lipinski definition) is 1. The van der Waals surface area contributed by atoms with Gasteiger partial charge in [0.05, 0.1) is 22.7 Å². The second-order valence-corrected chi connectivity index (χ2v) is 10.0. The van der Waals surface area contributed by atoms with E-state index in [-0.39, 0.29) is 17.7 Å². The number of thiophene rings is 1. The molecule has 2 fully saturated rings. The summed E-state index contributed by atoms with van der Waals surface area (Å²) in [6.07, 6.45) is 1.83. The van der Waals surface area contributed by atoms with E-state index < -0.39 is 0 Å². The van der Waals surface area contributed by atoms with Gasteiger partial charge in [-0.1, -0.05) is 35.5 Å². The molecule has 1 N–H and O–H groups in total. The first-order valence-corrected chi connectivity index (χ1v) is 12.7. The molecule has 35 heavy (non-hydrogen) atoms. The zero-order valence-electron chi connectivity index (χ0n) is 19.1. The van der Waals surface area contributed by atoms with Crippen molar-refractivity contribution in [1.82, 2.24) is 19.9 Å². The number of carbonyl (C=O) groups is 2. The highest BCUT2D eigenvalue weighted by atomic mass is 32.1. The first-order valence-electron chi connectivity index (χ1n) is 11.9. The van der Waals surface area contributed by atoms with Crippen LogP contribution in [-0.4, -0.2) is 57.9 Å². The van der Waals surface area contributed by atoms with E-state index >= 15 is 0 Å². The number of aromatic nitrogens is 2. The van der Waals surface area contributed by atoms with Crippen LogP contribution in [0.2, 0.25) is 0 Å². The number of anilines is 1. The van der Waals surface area contributed by atoms with Crippen molar-refractivity contribution in [2.45, 2.75) is 19.4 Å². The summed E-state index contributed by atoms with van der Waals surface area (Å²) in [5, 5.41) is 11.1. The molecule has 2 aliphatic rings. The van der Waals surface area contributed by atoms with Gasteiger partial charge < -0.3 is 14.7 Å². The molecule has 0 bridgehead atoms. The molecule has 0 radical (unpaired) electrons. The van der Waals surface area contributed by atoms with Gasteiger partial charge in [-0.2, -0.15) is 4.98 Å². The standard InChI is InChI=1S/C26H25N5O3S/c32-25(17-7-8-17)27-21-15-19-5-2-1-4-18(19)14-20(21)26(33)31-11-9-30(10-12-31)16-23-28-24(29-34-23)22-6-3-13-35-22/h1-6,13-15,17H,7-12,16H2,(H,27,32). The zero-order chi connectivity index (χ0) is 23.8. The highest BCUT2D eigenvalue weighted by Gasteiger charge is 2.31. The third kappa shape index (κ3) is 4.69. The molecule has 1 aliphatic carbocycles. The predicted molar refractivity (Wildman–Crippen MR) is 134 cm³/mol. The molecule has 2 amide bonds. The average molecular weight is 488 g/mol. The van der Waals surface area contributed by atoms with Crippen molar-refractivity contribution < 1.29 is 14.1 Å². The van der Waals surface area contributed by atoms with E-state index in [1.54, 1.807) is 11.3 Å². The van der Waals surface area contributed by atoms with Gasteiger partial charge >= 0.3 is 0 Å². The van der Waals surface area contributed by atoms with Gasteiger partial charge in [0.25, 0.3) is 5.91 Å². The topological polar surface area (TPSA) is 91.6 Å². The van der Waals surface area contributed by atoms with E-state index in [4.69, 9.17) is 4.52 Å². The Hall–Kier alpha value is -3.56. The highest BCUT2D eigenvalue weighted by Crippen LogP contribution is 2.32. The minimum atomic E-state index is -0.0562. The summed E-state index contributed by atoms with van der Waals surface area (Å²) in [5.41, 5.74) is 1.14.